The van der Waals surface area contributed by atoms with E-state index in [0.717, 1.165) is 0 Å². The Morgan fingerprint density at radius 1 is 1.04 bits per heavy atom. The Balaban J connectivity index is 1.56. The summed E-state index contributed by atoms with van der Waals surface area (Å²) in [6.45, 7) is 8.49. The fourth-order valence-electron chi connectivity index (χ4n) is 3.59. The first-order valence-electron chi connectivity index (χ1n) is 9.06. The number of carbonyl (C=O) groups excluding carboxylic acids is 3. The van der Waals surface area contributed by atoms with Gasteiger partial charge in [-0.15, -0.1) is 0 Å². The van der Waals surface area contributed by atoms with Gasteiger partial charge in [-0.1, -0.05) is 0 Å². The van der Waals surface area contributed by atoms with Crippen LogP contribution in [0.1, 0.15) is 37.6 Å². The number of aromatic nitrogens is 1. The molecule has 2 aliphatic rings. The molecule has 0 radical (unpaired) electrons. The number of pyridine rings is 1. The Morgan fingerprint density at radius 3 is 2.15 bits per heavy atom. The highest BCUT2D eigenvalue weighted by molar-refractivity contribution is 5.94. The first kappa shape index (κ1) is 18.4. The zero-order chi connectivity index (χ0) is 18.9. The van der Waals surface area contributed by atoms with Crippen molar-refractivity contribution in [2.75, 3.05) is 32.7 Å². The number of likely N-dealkylation sites (tertiary alicyclic amines) is 1. The molecule has 7 nitrogen and oxygen atoms in total. The van der Waals surface area contributed by atoms with Gasteiger partial charge < -0.3 is 14.7 Å². The second-order valence-electron chi connectivity index (χ2n) is 7.93. The first-order valence-corrected chi connectivity index (χ1v) is 9.06. The summed E-state index contributed by atoms with van der Waals surface area (Å²) in [6.07, 6.45) is 3.49. The first-order chi connectivity index (χ1) is 12.3. The molecule has 2 aliphatic heterocycles. The molecular formula is C19H26N4O3. The number of nitrogens with zero attached hydrogens (tertiary/aromatic N) is 4. The van der Waals surface area contributed by atoms with Crippen LogP contribution in [0.15, 0.2) is 24.5 Å². The third-order valence-corrected chi connectivity index (χ3v) is 5.09. The molecule has 0 aromatic carbocycles. The van der Waals surface area contributed by atoms with Crippen molar-refractivity contribution in [3.63, 3.8) is 0 Å². The maximum absolute atomic E-state index is 12.8. The van der Waals surface area contributed by atoms with Gasteiger partial charge in [-0.05, 0) is 32.9 Å². The lowest BCUT2D eigenvalue weighted by atomic mass is 10.1. The van der Waals surface area contributed by atoms with Gasteiger partial charge in [0.2, 0.25) is 11.8 Å². The van der Waals surface area contributed by atoms with Gasteiger partial charge in [0.25, 0.3) is 5.91 Å². The highest BCUT2D eigenvalue weighted by Crippen LogP contribution is 2.27. The van der Waals surface area contributed by atoms with Gasteiger partial charge in [0.1, 0.15) is 0 Å². The molecule has 1 atom stereocenters. The van der Waals surface area contributed by atoms with Crippen molar-refractivity contribution in [2.45, 2.75) is 32.7 Å². The van der Waals surface area contributed by atoms with E-state index in [2.05, 4.69) is 4.98 Å². The summed E-state index contributed by atoms with van der Waals surface area (Å²) in [5.74, 6) is -0.234. The highest BCUT2D eigenvalue weighted by atomic mass is 16.2. The molecule has 3 heterocycles. The Labute approximate surface area is 154 Å². The average molecular weight is 358 g/mol. The zero-order valence-corrected chi connectivity index (χ0v) is 15.6. The van der Waals surface area contributed by atoms with Crippen LogP contribution in [0.4, 0.5) is 0 Å². The molecule has 3 amide bonds. The topological polar surface area (TPSA) is 73.8 Å². The molecule has 7 heteroatoms. The molecule has 1 aromatic rings. The number of carbonyl (C=O) groups is 3. The molecule has 0 saturated carbocycles. The SMILES string of the molecule is CC(C)(C)N1CC(C(=O)N2CCN(C(=O)c3ccncc3)CC2)CC1=O. The van der Waals surface area contributed by atoms with E-state index in [9.17, 15) is 14.4 Å². The summed E-state index contributed by atoms with van der Waals surface area (Å²) in [7, 11) is 0. The summed E-state index contributed by atoms with van der Waals surface area (Å²) >= 11 is 0. The van der Waals surface area contributed by atoms with Crippen molar-refractivity contribution in [1.82, 2.24) is 19.7 Å². The van der Waals surface area contributed by atoms with Gasteiger partial charge in [0.05, 0.1) is 5.92 Å². The third kappa shape index (κ3) is 3.71. The molecule has 140 valence electrons. The second-order valence-corrected chi connectivity index (χ2v) is 7.93. The fourth-order valence-corrected chi connectivity index (χ4v) is 3.59. The van der Waals surface area contributed by atoms with Crippen LogP contribution in [0.2, 0.25) is 0 Å². The van der Waals surface area contributed by atoms with Crippen molar-refractivity contribution in [3.8, 4) is 0 Å². The Bertz CT molecular complexity index is 690. The molecule has 2 fully saturated rings. The molecule has 0 N–H and O–H groups in total. The van der Waals surface area contributed by atoms with Crippen LogP contribution in [0.5, 0.6) is 0 Å². The fraction of sp³-hybridized carbons (Fsp3) is 0.579. The zero-order valence-electron chi connectivity index (χ0n) is 15.6. The number of hydrogen-bond donors (Lipinski definition) is 0. The minimum Gasteiger partial charge on any atom is -0.339 e. The highest BCUT2D eigenvalue weighted by Gasteiger charge is 2.41. The number of amides is 3. The summed E-state index contributed by atoms with van der Waals surface area (Å²) in [6, 6.07) is 3.40. The third-order valence-electron chi connectivity index (χ3n) is 5.09. The number of hydrogen-bond acceptors (Lipinski definition) is 4. The van der Waals surface area contributed by atoms with E-state index in [1.165, 1.54) is 0 Å². The van der Waals surface area contributed by atoms with E-state index in [4.69, 9.17) is 0 Å². The van der Waals surface area contributed by atoms with E-state index in [-0.39, 0.29) is 35.6 Å². The van der Waals surface area contributed by atoms with Crippen LogP contribution in [0, 0.1) is 5.92 Å². The lowest BCUT2D eigenvalue weighted by Gasteiger charge is -2.36. The molecule has 2 saturated heterocycles. The van der Waals surface area contributed by atoms with Gasteiger partial charge in [0, 0.05) is 62.6 Å². The molecule has 0 bridgehead atoms. The van der Waals surface area contributed by atoms with E-state index in [1.54, 1.807) is 39.2 Å². The molecule has 1 unspecified atom stereocenters. The van der Waals surface area contributed by atoms with Crippen LogP contribution in [-0.4, -0.2) is 75.7 Å². The maximum atomic E-state index is 12.8. The van der Waals surface area contributed by atoms with Crippen LogP contribution in [0.25, 0.3) is 0 Å². The Hall–Kier alpha value is -2.44. The van der Waals surface area contributed by atoms with Crippen LogP contribution < -0.4 is 0 Å². The summed E-state index contributed by atoms with van der Waals surface area (Å²) < 4.78 is 0. The maximum Gasteiger partial charge on any atom is 0.254 e. The van der Waals surface area contributed by atoms with E-state index >= 15 is 0 Å². The molecule has 0 spiro atoms. The van der Waals surface area contributed by atoms with E-state index in [0.29, 0.717) is 38.3 Å². The molecule has 26 heavy (non-hydrogen) atoms. The monoisotopic (exact) mass is 358 g/mol. The van der Waals surface area contributed by atoms with Crippen LogP contribution >= 0.6 is 0 Å². The largest absolute Gasteiger partial charge is 0.339 e. The van der Waals surface area contributed by atoms with Crippen molar-refractivity contribution in [3.05, 3.63) is 30.1 Å². The molecular weight excluding hydrogens is 332 g/mol. The van der Waals surface area contributed by atoms with Crippen molar-refractivity contribution in [2.24, 2.45) is 5.92 Å². The lowest BCUT2D eigenvalue weighted by Crippen LogP contribution is -2.52. The second kappa shape index (κ2) is 7.05. The lowest BCUT2D eigenvalue weighted by molar-refractivity contribution is -0.137. The van der Waals surface area contributed by atoms with Crippen molar-refractivity contribution in [1.29, 1.82) is 0 Å². The number of piperazine rings is 1. The molecule has 3 rings (SSSR count). The summed E-state index contributed by atoms with van der Waals surface area (Å²) in [5.41, 5.74) is 0.351. The van der Waals surface area contributed by atoms with E-state index in [1.807, 2.05) is 20.8 Å². The normalized spacial score (nSPS) is 21.3. The van der Waals surface area contributed by atoms with Gasteiger partial charge in [-0.2, -0.15) is 0 Å². The van der Waals surface area contributed by atoms with Crippen molar-refractivity contribution >= 4 is 17.7 Å². The standard InChI is InChI=1S/C19H26N4O3/c1-19(2,3)23-13-15(12-16(23)24)18(26)22-10-8-21(9-11-22)17(25)14-4-6-20-7-5-14/h4-7,15H,8-13H2,1-3H3. The minimum absolute atomic E-state index is 0.0288. The Morgan fingerprint density at radius 2 is 1.62 bits per heavy atom. The van der Waals surface area contributed by atoms with Gasteiger partial charge in [-0.25, -0.2) is 0 Å². The molecule has 0 aliphatic carbocycles. The van der Waals surface area contributed by atoms with Crippen LogP contribution in [0.3, 0.4) is 0 Å². The predicted octanol–water partition coefficient (Wildman–Crippen LogP) is 1.01. The smallest absolute Gasteiger partial charge is 0.254 e. The Kier molecular flexibility index (Phi) is 4.98. The predicted molar refractivity (Wildman–Crippen MR) is 96.3 cm³/mol. The quantitative estimate of drug-likeness (QED) is 0.791. The minimum atomic E-state index is -0.274. The molecule has 1 aromatic heterocycles. The van der Waals surface area contributed by atoms with Gasteiger partial charge in [0.15, 0.2) is 0 Å². The van der Waals surface area contributed by atoms with Crippen LogP contribution in [-0.2, 0) is 9.59 Å². The van der Waals surface area contributed by atoms with Crippen molar-refractivity contribution < 1.29 is 14.4 Å². The van der Waals surface area contributed by atoms with Gasteiger partial charge in [-0.3, -0.25) is 19.4 Å². The van der Waals surface area contributed by atoms with E-state index < -0.39 is 0 Å². The summed E-state index contributed by atoms with van der Waals surface area (Å²) in [5, 5.41) is 0. The number of rotatable bonds is 2. The summed E-state index contributed by atoms with van der Waals surface area (Å²) in [4.78, 5) is 46.8. The average Bonchev–Trinajstić information content (AvgIpc) is 3.03. The van der Waals surface area contributed by atoms with Gasteiger partial charge >= 0.3 is 0 Å².